The molecule has 116 valence electrons. The van der Waals surface area contributed by atoms with E-state index in [9.17, 15) is 8.42 Å². The summed E-state index contributed by atoms with van der Waals surface area (Å²) >= 11 is 3.14. The first kappa shape index (κ1) is 16.2. The van der Waals surface area contributed by atoms with Crippen molar-refractivity contribution in [3.05, 3.63) is 34.0 Å². The first-order chi connectivity index (χ1) is 9.85. The van der Waals surface area contributed by atoms with Crippen LogP contribution in [0.3, 0.4) is 0 Å². The first-order valence-corrected chi connectivity index (χ1v) is 8.52. The Morgan fingerprint density at radius 3 is 2.71 bits per heavy atom. The van der Waals surface area contributed by atoms with E-state index in [4.69, 9.17) is 4.42 Å². The van der Waals surface area contributed by atoms with Gasteiger partial charge in [-0.15, -0.1) is 0 Å². The highest BCUT2D eigenvalue weighted by atomic mass is 79.9. The lowest BCUT2D eigenvalue weighted by Crippen LogP contribution is -2.23. The van der Waals surface area contributed by atoms with Crippen LogP contribution in [0.15, 0.2) is 26.2 Å². The largest absolute Gasteiger partial charge is 0.452 e. The number of nitrogens with zero attached hydrogens (tertiary/aromatic N) is 2. The van der Waals surface area contributed by atoms with Crippen molar-refractivity contribution in [2.75, 3.05) is 7.05 Å². The molecule has 0 aliphatic heterocycles. The molecule has 2 heterocycles. The van der Waals surface area contributed by atoms with E-state index >= 15 is 0 Å². The van der Waals surface area contributed by atoms with Gasteiger partial charge in [0, 0.05) is 30.9 Å². The highest BCUT2D eigenvalue weighted by molar-refractivity contribution is 9.10. The minimum Gasteiger partial charge on any atom is -0.452 e. The molecular weight excluding hydrogens is 360 g/mol. The molecule has 0 atom stereocenters. The Kier molecular flexibility index (Phi) is 4.87. The summed E-state index contributed by atoms with van der Waals surface area (Å²) in [5.74, 6) is 0.544. The monoisotopic (exact) mass is 376 g/mol. The molecule has 2 N–H and O–H groups in total. The summed E-state index contributed by atoms with van der Waals surface area (Å²) in [5.41, 5.74) is 1.75. The molecule has 0 amide bonds. The Bertz CT molecular complexity index is 736. The second-order valence-corrected chi connectivity index (χ2v) is 7.04. The number of hydrogen-bond donors (Lipinski definition) is 2. The smallest absolute Gasteiger partial charge is 0.245 e. The lowest BCUT2D eigenvalue weighted by Gasteiger charge is -2.05. The number of aromatic nitrogens is 2. The van der Waals surface area contributed by atoms with Gasteiger partial charge in [0.2, 0.25) is 10.0 Å². The molecule has 2 aromatic rings. The summed E-state index contributed by atoms with van der Waals surface area (Å²) in [5, 5.41) is 6.98. The second-order valence-electron chi connectivity index (χ2n) is 4.58. The van der Waals surface area contributed by atoms with Gasteiger partial charge in [0.1, 0.15) is 10.7 Å². The predicted molar refractivity (Wildman–Crippen MR) is 81.1 cm³/mol. The molecular formula is C12H17BrN4O3S. The number of rotatable bonds is 6. The maximum Gasteiger partial charge on any atom is 0.245 e. The third-order valence-electron chi connectivity index (χ3n) is 3.14. The molecule has 0 saturated carbocycles. The van der Waals surface area contributed by atoms with Gasteiger partial charge in [0.05, 0.1) is 12.7 Å². The molecule has 7 nitrogen and oxygen atoms in total. The van der Waals surface area contributed by atoms with Crippen LogP contribution in [0.4, 0.5) is 0 Å². The van der Waals surface area contributed by atoms with E-state index in [1.54, 1.807) is 17.9 Å². The zero-order valence-electron chi connectivity index (χ0n) is 12.0. The average Bonchev–Trinajstić information content (AvgIpc) is 2.93. The van der Waals surface area contributed by atoms with Gasteiger partial charge in [-0.05, 0) is 29.9 Å². The average molecular weight is 377 g/mol. The first-order valence-electron chi connectivity index (χ1n) is 6.25. The van der Waals surface area contributed by atoms with Crippen LogP contribution < -0.4 is 10.0 Å². The van der Waals surface area contributed by atoms with Gasteiger partial charge in [-0.2, -0.15) is 5.10 Å². The van der Waals surface area contributed by atoms with Crippen LogP contribution in [0.5, 0.6) is 0 Å². The van der Waals surface area contributed by atoms with Crippen LogP contribution in [0.1, 0.15) is 17.0 Å². The van der Waals surface area contributed by atoms with Gasteiger partial charge in [-0.25, -0.2) is 13.1 Å². The fourth-order valence-corrected chi connectivity index (χ4v) is 3.81. The molecule has 0 aliphatic carbocycles. The van der Waals surface area contributed by atoms with Crippen molar-refractivity contribution >= 4 is 26.0 Å². The van der Waals surface area contributed by atoms with Gasteiger partial charge in [-0.3, -0.25) is 4.68 Å². The van der Waals surface area contributed by atoms with Crippen molar-refractivity contribution in [2.45, 2.75) is 24.9 Å². The number of nitrogens with one attached hydrogen (secondary N) is 2. The molecule has 0 radical (unpaired) electrons. The van der Waals surface area contributed by atoms with Gasteiger partial charge in [0.25, 0.3) is 0 Å². The minimum atomic E-state index is -3.65. The highest BCUT2D eigenvalue weighted by Gasteiger charge is 2.22. The Morgan fingerprint density at radius 2 is 2.14 bits per heavy atom. The van der Waals surface area contributed by atoms with Crippen molar-refractivity contribution in [1.82, 2.24) is 19.8 Å². The molecule has 21 heavy (non-hydrogen) atoms. The van der Waals surface area contributed by atoms with E-state index in [2.05, 4.69) is 31.1 Å². The van der Waals surface area contributed by atoms with Crippen LogP contribution in [-0.2, 0) is 30.2 Å². The van der Waals surface area contributed by atoms with Gasteiger partial charge < -0.3 is 9.73 Å². The van der Waals surface area contributed by atoms with Gasteiger partial charge >= 0.3 is 0 Å². The third kappa shape index (κ3) is 3.54. The summed E-state index contributed by atoms with van der Waals surface area (Å²) in [4.78, 5) is 0.0919. The van der Waals surface area contributed by atoms with Crippen molar-refractivity contribution < 1.29 is 12.8 Å². The number of halogens is 1. The molecule has 0 fully saturated rings. The quantitative estimate of drug-likeness (QED) is 0.792. The molecule has 9 heteroatoms. The Balaban J connectivity index is 2.17. The molecule has 2 rings (SSSR count). The lowest BCUT2D eigenvalue weighted by atomic mass is 10.3. The maximum atomic E-state index is 12.3. The summed E-state index contributed by atoms with van der Waals surface area (Å²) in [7, 11) is -0.0821. The van der Waals surface area contributed by atoms with Crippen molar-refractivity contribution in [2.24, 2.45) is 7.05 Å². The minimum absolute atomic E-state index is 0.0919. The molecule has 0 saturated heterocycles. The standard InChI is InChI=1S/C12H17BrN4O3S/c1-8-9(5-15-17(8)3)6-16-21(18,19)11-4-10(7-14-2)20-12(11)13/h4-5,14,16H,6-7H2,1-3H3. The van der Waals surface area contributed by atoms with E-state index in [-0.39, 0.29) is 16.1 Å². The zero-order chi connectivity index (χ0) is 15.6. The van der Waals surface area contributed by atoms with E-state index in [0.717, 1.165) is 11.3 Å². The number of sulfonamides is 1. The van der Waals surface area contributed by atoms with Gasteiger partial charge in [0.15, 0.2) is 4.67 Å². The van der Waals surface area contributed by atoms with Crippen LogP contribution in [0.25, 0.3) is 0 Å². The van der Waals surface area contributed by atoms with E-state index in [1.165, 1.54) is 6.07 Å². The van der Waals surface area contributed by atoms with Crippen LogP contribution in [-0.4, -0.2) is 25.2 Å². The fourth-order valence-electron chi connectivity index (χ4n) is 1.81. The number of aryl methyl sites for hydroxylation is 1. The Hall–Kier alpha value is -1.16. The molecule has 0 aromatic carbocycles. The SMILES string of the molecule is CNCc1cc(S(=O)(=O)NCc2cnn(C)c2C)c(Br)o1. The second kappa shape index (κ2) is 6.30. The summed E-state index contributed by atoms with van der Waals surface area (Å²) in [6.45, 7) is 2.52. The predicted octanol–water partition coefficient (Wildman–Crippen LogP) is 1.28. The number of furan rings is 1. The highest BCUT2D eigenvalue weighted by Crippen LogP contribution is 2.26. The number of hydrogen-bond acceptors (Lipinski definition) is 5. The van der Waals surface area contributed by atoms with Crippen LogP contribution in [0.2, 0.25) is 0 Å². The molecule has 2 aromatic heterocycles. The van der Waals surface area contributed by atoms with Crippen molar-refractivity contribution in [3.8, 4) is 0 Å². The maximum absolute atomic E-state index is 12.3. The van der Waals surface area contributed by atoms with E-state index < -0.39 is 10.0 Å². The third-order valence-corrected chi connectivity index (χ3v) is 5.39. The lowest BCUT2D eigenvalue weighted by molar-refractivity contribution is 0.470. The molecule has 0 aliphatic rings. The van der Waals surface area contributed by atoms with E-state index in [1.807, 2.05) is 14.0 Å². The zero-order valence-corrected chi connectivity index (χ0v) is 14.4. The molecule has 0 unspecified atom stereocenters. The molecule has 0 bridgehead atoms. The van der Waals surface area contributed by atoms with E-state index in [0.29, 0.717) is 12.3 Å². The fraction of sp³-hybridized carbons (Fsp3) is 0.417. The van der Waals surface area contributed by atoms with Crippen molar-refractivity contribution in [3.63, 3.8) is 0 Å². The van der Waals surface area contributed by atoms with Crippen molar-refractivity contribution in [1.29, 1.82) is 0 Å². The Morgan fingerprint density at radius 1 is 1.43 bits per heavy atom. The van der Waals surface area contributed by atoms with Crippen LogP contribution >= 0.6 is 15.9 Å². The normalized spacial score (nSPS) is 12.0. The Labute approximate surface area is 131 Å². The summed E-state index contributed by atoms with van der Waals surface area (Å²) < 4.78 is 34.4. The van der Waals surface area contributed by atoms with Gasteiger partial charge in [-0.1, -0.05) is 0 Å². The topological polar surface area (TPSA) is 89.2 Å². The van der Waals surface area contributed by atoms with Crippen LogP contribution in [0, 0.1) is 6.92 Å². The summed E-state index contributed by atoms with van der Waals surface area (Å²) in [6, 6.07) is 1.50. The molecule has 0 spiro atoms. The summed E-state index contributed by atoms with van der Waals surface area (Å²) in [6.07, 6.45) is 1.65.